The fraction of sp³-hybridized carbons (Fsp3) is 0.182. The molecule has 0 saturated heterocycles. The maximum absolute atomic E-state index is 13.6. The number of aromatic nitrogens is 9. The average Bonchev–Trinajstić information content (AvgIpc) is 3.64. The molecule has 0 radical (unpaired) electrons. The molecule has 2 amide bonds. The molecule has 0 saturated carbocycles. The number of pyridine rings is 2. The first-order chi connectivity index (χ1) is 18.6. The molecular formula is C22H17ClF3N11O2. The maximum atomic E-state index is 13.6. The minimum atomic E-state index is -4.78. The molecule has 17 heteroatoms. The van der Waals surface area contributed by atoms with E-state index in [1.54, 1.807) is 25.1 Å². The van der Waals surface area contributed by atoms with Crippen molar-refractivity contribution in [2.45, 2.75) is 19.6 Å². The number of halogens is 4. The first kappa shape index (κ1) is 25.8. The van der Waals surface area contributed by atoms with Gasteiger partial charge < -0.3 is 10.6 Å². The number of hydrogen-bond donors (Lipinski definition) is 2. The lowest BCUT2D eigenvalue weighted by atomic mass is 10.1. The Labute approximate surface area is 221 Å². The molecule has 0 fully saturated rings. The lowest BCUT2D eigenvalue weighted by Gasteiger charge is -2.15. The minimum absolute atomic E-state index is 0.0791. The molecule has 39 heavy (non-hydrogen) atoms. The van der Waals surface area contributed by atoms with Crippen LogP contribution in [0.2, 0.25) is 5.02 Å². The maximum Gasteiger partial charge on any atom is 0.455 e. The Kier molecular flexibility index (Phi) is 6.47. The number of anilines is 1. The smallest absolute Gasteiger partial charge is 0.354 e. The van der Waals surface area contributed by atoms with Crippen LogP contribution >= 0.6 is 11.6 Å². The van der Waals surface area contributed by atoms with Crippen molar-refractivity contribution in [3.05, 3.63) is 76.2 Å². The normalized spacial score (nSPS) is 11.6. The summed E-state index contributed by atoms with van der Waals surface area (Å²) in [5.74, 6) is -2.54. The molecule has 0 atom stereocenters. The number of tetrazole rings is 1. The fourth-order valence-corrected chi connectivity index (χ4v) is 3.99. The first-order valence-corrected chi connectivity index (χ1v) is 11.5. The van der Waals surface area contributed by atoms with Gasteiger partial charge in [0.1, 0.15) is 12.2 Å². The quantitative estimate of drug-likeness (QED) is 0.322. The van der Waals surface area contributed by atoms with Crippen LogP contribution in [0.3, 0.4) is 0 Å². The van der Waals surface area contributed by atoms with Gasteiger partial charge in [0.05, 0.1) is 28.1 Å². The van der Waals surface area contributed by atoms with Crippen LogP contribution in [0.1, 0.15) is 38.1 Å². The van der Waals surface area contributed by atoms with Crippen molar-refractivity contribution >= 4 is 34.6 Å². The van der Waals surface area contributed by atoms with Gasteiger partial charge in [-0.3, -0.25) is 9.59 Å². The van der Waals surface area contributed by atoms with Gasteiger partial charge in [0.15, 0.2) is 11.5 Å². The van der Waals surface area contributed by atoms with Gasteiger partial charge in [-0.25, -0.2) is 14.2 Å². The van der Waals surface area contributed by atoms with E-state index in [9.17, 15) is 22.8 Å². The van der Waals surface area contributed by atoms with Crippen molar-refractivity contribution in [3.63, 3.8) is 0 Å². The standard InChI is InChI=1S/C22H17ClF3N11O2/c1-11-8-13-5-7-29-36(13)17(20(39)27-2)16(11)30-19(38)15-9-12(10-35-33-21(31-34-35)22(24,25)26)32-37(15)18-14(23)4-3-6-28-18/h3-9H,10H2,1-2H3,(H,27,39)(H,30,38). The van der Waals surface area contributed by atoms with Crippen molar-refractivity contribution in [1.82, 2.24) is 49.9 Å². The first-order valence-electron chi connectivity index (χ1n) is 11.1. The summed E-state index contributed by atoms with van der Waals surface area (Å²) in [5, 5.41) is 23.6. The van der Waals surface area contributed by atoms with E-state index < -0.39 is 23.8 Å². The number of amides is 2. The third-order valence-electron chi connectivity index (χ3n) is 5.50. The van der Waals surface area contributed by atoms with Gasteiger partial charge in [0.25, 0.3) is 17.6 Å². The zero-order chi connectivity index (χ0) is 27.9. The lowest BCUT2D eigenvalue weighted by Crippen LogP contribution is -2.26. The van der Waals surface area contributed by atoms with Crippen LogP contribution in [-0.4, -0.2) is 63.4 Å². The van der Waals surface area contributed by atoms with Crippen LogP contribution in [-0.2, 0) is 12.7 Å². The van der Waals surface area contributed by atoms with E-state index in [-0.39, 0.29) is 40.2 Å². The topological polar surface area (TPSA) is 150 Å². The Bertz CT molecular complexity index is 1720. The fourth-order valence-electron chi connectivity index (χ4n) is 3.79. The van der Waals surface area contributed by atoms with E-state index in [0.29, 0.717) is 15.9 Å². The summed E-state index contributed by atoms with van der Waals surface area (Å²) < 4.78 is 41.2. The third kappa shape index (κ3) is 4.88. The molecule has 200 valence electrons. The van der Waals surface area contributed by atoms with E-state index in [4.69, 9.17) is 11.6 Å². The number of alkyl halides is 3. The molecule has 0 spiro atoms. The third-order valence-corrected chi connectivity index (χ3v) is 5.80. The second-order valence-corrected chi connectivity index (χ2v) is 8.54. The number of nitrogens with one attached hydrogen (secondary N) is 2. The van der Waals surface area contributed by atoms with Crippen molar-refractivity contribution in [2.24, 2.45) is 0 Å². The Morgan fingerprint density at radius 2 is 1.90 bits per heavy atom. The van der Waals surface area contributed by atoms with Gasteiger partial charge in [-0.2, -0.15) is 28.2 Å². The SMILES string of the molecule is CNC(=O)c1c(NC(=O)c2cc(Cn3nnc(C(F)(F)F)n3)nn2-c2ncccc2Cl)c(C)cc2ccnn12. The highest BCUT2D eigenvalue weighted by atomic mass is 35.5. The molecule has 0 aliphatic carbocycles. The number of carbonyl (C=O) groups excluding carboxylic acids is 2. The van der Waals surface area contributed by atoms with Crippen molar-refractivity contribution in [3.8, 4) is 5.82 Å². The molecule has 0 aliphatic heterocycles. The zero-order valence-electron chi connectivity index (χ0n) is 20.1. The summed E-state index contributed by atoms with van der Waals surface area (Å²) in [5.41, 5.74) is 1.51. The van der Waals surface area contributed by atoms with Gasteiger partial charge in [-0.15, -0.1) is 10.2 Å². The summed E-state index contributed by atoms with van der Waals surface area (Å²) in [6.45, 7) is 1.37. The highest BCUT2D eigenvalue weighted by molar-refractivity contribution is 6.32. The number of rotatable bonds is 6. The van der Waals surface area contributed by atoms with Crippen molar-refractivity contribution < 1.29 is 22.8 Å². The monoisotopic (exact) mass is 559 g/mol. The second kappa shape index (κ2) is 9.79. The predicted molar refractivity (Wildman–Crippen MR) is 130 cm³/mol. The van der Waals surface area contributed by atoms with Crippen LogP contribution in [0.15, 0.2) is 42.7 Å². The number of hydrogen-bond acceptors (Lipinski definition) is 8. The van der Waals surface area contributed by atoms with E-state index in [2.05, 4.69) is 41.2 Å². The number of carbonyl (C=O) groups is 2. The Balaban J connectivity index is 1.57. The molecule has 5 rings (SSSR count). The van der Waals surface area contributed by atoms with Crippen LogP contribution in [0.4, 0.5) is 18.9 Å². The number of aryl methyl sites for hydroxylation is 1. The number of fused-ring (bicyclic) bond motifs is 1. The molecule has 5 aromatic rings. The number of nitrogens with zero attached hydrogens (tertiary/aromatic N) is 9. The van der Waals surface area contributed by atoms with Gasteiger partial charge in [-0.1, -0.05) is 11.6 Å². The van der Waals surface area contributed by atoms with Gasteiger partial charge in [-0.05, 0) is 48.0 Å². The summed E-state index contributed by atoms with van der Waals surface area (Å²) >= 11 is 6.30. The molecule has 5 aromatic heterocycles. The Morgan fingerprint density at radius 1 is 1.10 bits per heavy atom. The summed E-state index contributed by atoms with van der Waals surface area (Å²) in [7, 11) is 1.44. The van der Waals surface area contributed by atoms with E-state index in [0.717, 1.165) is 4.68 Å². The predicted octanol–water partition coefficient (Wildman–Crippen LogP) is 2.54. The Morgan fingerprint density at radius 3 is 2.59 bits per heavy atom. The molecule has 5 heterocycles. The average molecular weight is 560 g/mol. The minimum Gasteiger partial charge on any atom is -0.354 e. The van der Waals surface area contributed by atoms with E-state index in [1.165, 1.54) is 36.1 Å². The molecule has 0 aliphatic rings. The molecular weight excluding hydrogens is 543 g/mol. The summed E-state index contributed by atoms with van der Waals surface area (Å²) in [4.78, 5) is 31.2. The van der Waals surface area contributed by atoms with Crippen LogP contribution in [0, 0.1) is 6.92 Å². The lowest BCUT2D eigenvalue weighted by molar-refractivity contribution is -0.145. The van der Waals surface area contributed by atoms with Crippen LogP contribution in [0.25, 0.3) is 11.3 Å². The molecule has 13 nitrogen and oxygen atoms in total. The molecule has 0 unspecified atom stereocenters. The molecule has 2 N–H and O–H groups in total. The van der Waals surface area contributed by atoms with Gasteiger partial charge in [0.2, 0.25) is 0 Å². The van der Waals surface area contributed by atoms with Gasteiger partial charge >= 0.3 is 6.18 Å². The van der Waals surface area contributed by atoms with E-state index in [1.807, 2.05) is 0 Å². The highest BCUT2D eigenvalue weighted by Crippen LogP contribution is 2.27. The van der Waals surface area contributed by atoms with Crippen molar-refractivity contribution in [2.75, 3.05) is 12.4 Å². The zero-order valence-corrected chi connectivity index (χ0v) is 20.9. The molecule has 0 bridgehead atoms. The molecule has 0 aromatic carbocycles. The summed E-state index contributed by atoms with van der Waals surface area (Å²) in [6.07, 6.45) is -1.84. The van der Waals surface area contributed by atoms with Crippen LogP contribution in [0.5, 0.6) is 0 Å². The highest BCUT2D eigenvalue weighted by Gasteiger charge is 2.37. The Hall–Kier alpha value is -4.86. The summed E-state index contributed by atoms with van der Waals surface area (Å²) in [6, 6.07) is 7.87. The van der Waals surface area contributed by atoms with Crippen molar-refractivity contribution in [1.29, 1.82) is 0 Å². The van der Waals surface area contributed by atoms with Crippen LogP contribution < -0.4 is 10.6 Å². The van der Waals surface area contributed by atoms with Gasteiger partial charge in [0, 0.05) is 13.2 Å². The largest absolute Gasteiger partial charge is 0.455 e. The van der Waals surface area contributed by atoms with E-state index >= 15 is 0 Å². The second-order valence-electron chi connectivity index (χ2n) is 8.13.